The van der Waals surface area contributed by atoms with E-state index in [1.54, 1.807) is 0 Å². The molecular weight excluding hydrogens is 569 g/mol. The lowest BCUT2D eigenvalue weighted by atomic mass is 9.84. The fourth-order valence-electron chi connectivity index (χ4n) is 4.49. The van der Waals surface area contributed by atoms with E-state index in [0.717, 1.165) is 35.6 Å². The standard InChI is InChI=1S/C24H33N2P.C16H19N.H2O/c1-17(26-15-14-25)20-8-6-19(7-9-20)16-23(18(2)27)21-10-12-22(13-11-21)24(3,4)5;1-4-5-6-7-8-12-15(3)17-16-13-10-9-11-14(16)2;/h6-13,23,26-27H,1,14-16,25H2,2-5H3;4-13H,1-3H3;1H2/b;5-4-,7-6-,12-8+,17-15?;. The van der Waals surface area contributed by atoms with Crippen molar-refractivity contribution in [2.24, 2.45) is 10.7 Å². The topological polar surface area (TPSA) is 81.9 Å². The van der Waals surface area contributed by atoms with Gasteiger partial charge in [0, 0.05) is 30.4 Å². The molecule has 0 saturated heterocycles. The van der Waals surface area contributed by atoms with Crippen LogP contribution in [0.2, 0.25) is 0 Å². The van der Waals surface area contributed by atoms with Gasteiger partial charge in [0.25, 0.3) is 0 Å². The highest BCUT2D eigenvalue weighted by Crippen LogP contribution is 2.28. The zero-order valence-corrected chi connectivity index (χ0v) is 29.3. The SMILES string of the molecule is C=C(NCCN)c1ccc(CC(C(C)=P)c2ccc(C(C)(C)C)cc2)cc1.C\C=C/C=C\C=C\C(C)=Nc1ccccc1C.O. The first kappa shape index (κ1) is 39.2. The van der Waals surface area contributed by atoms with Gasteiger partial charge in [-0.2, -0.15) is 0 Å². The van der Waals surface area contributed by atoms with Crippen LogP contribution in [-0.2, 0) is 11.8 Å². The molecule has 0 fully saturated rings. The van der Waals surface area contributed by atoms with Crippen molar-refractivity contribution in [1.82, 2.24) is 5.32 Å². The third kappa shape index (κ3) is 14.2. The van der Waals surface area contributed by atoms with Crippen LogP contribution in [0, 0.1) is 6.92 Å². The van der Waals surface area contributed by atoms with Crippen molar-refractivity contribution in [3.8, 4) is 0 Å². The van der Waals surface area contributed by atoms with Crippen LogP contribution < -0.4 is 11.1 Å². The van der Waals surface area contributed by atoms with E-state index in [1.807, 2.05) is 68.5 Å². The van der Waals surface area contributed by atoms with Crippen LogP contribution >= 0.6 is 8.86 Å². The Morgan fingerprint density at radius 3 is 2.11 bits per heavy atom. The van der Waals surface area contributed by atoms with Gasteiger partial charge in [-0.3, -0.25) is 4.99 Å². The van der Waals surface area contributed by atoms with E-state index in [0.29, 0.717) is 12.5 Å². The molecule has 4 nitrogen and oxygen atoms in total. The zero-order chi connectivity index (χ0) is 32.5. The molecule has 5 N–H and O–H groups in total. The summed E-state index contributed by atoms with van der Waals surface area (Å²) in [5.74, 6) is 0.347. The number of benzene rings is 3. The Labute approximate surface area is 275 Å². The van der Waals surface area contributed by atoms with Crippen LogP contribution in [0.3, 0.4) is 0 Å². The van der Waals surface area contributed by atoms with E-state index in [2.05, 4.69) is 115 Å². The third-order valence-electron chi connectivity index (χ3n) is 7.20. The van der Waals surface area contributed by atoms with Gasteiger partial charge in [-0.1, -0.05) is 124 Å². The molecule has 0 aliphatic carbocycles. The van der Waals surface area contributed by atoms with Crippen molar-refractivity contribution in [1.29, 1.82) is 0 Å². The van der Waals surface area contributed by atoms with Gasteiger partial charge < -0.3 is 16.5 Å². The Bertz CT molecular complexity index is 1460. The number of hydrogen-bond acceptors (Lipinski definition) is 3. The van der Waals surface area contributed by atoms with Gasteiger partial charge >= 0.3 is 0 Å². The number of rotatable bonds is 12. The molecule has 0 aliphatic rings. The predicted molar refractivity (Wildman–Crippen MR) is 204 cm³/mol. The summed E-state index contributed by atoms with van der Waals surface area (Å²) in [5.41, 5.74) is 15.0. The highest BCUT2D eigenvalue weighted by molar-refractivity contribution is 7.21. The van der Waals surface area contributed by atoms with Crippen LogP contribution in [0.1, 0.15) is 75.3 Å². The van der Waals surface area contributed by atoms with Crippen LogP contribution in [0.4, 0.5) is 5.69 Å². The van der Waals surface area contributed by atoms with E-state index in [1.165, 1.54) is 27.5 Å². The Morgan fingerprint density at radius 1 is 0.933 bits per heavy atom. The first-order chi connectivity index (χ1) is 21.0. The fraction of sp³-hybridized carbons (Fsp3) is 0.300. The second-order valence-corrected chi connectivity index (χ2v) is 12.8. The molecule has 0 heterocycles. The molecule has 0 aromatic heterocycles. The summed E-state index contributed by atoms with van der Waals surface area (Å²) in [5, 5.41) is 4.49. The Morgan fingerprint density at radius 2 is 1.56 bits per heavy atom. The highest BCUT2D eigenvalue weighted by atomic mass is 31.0. The summed E-state index contributed by atoms with van der Waals surface area (Å²) >= 11 is 0. The fourth-order valence-corrected chi connectivity index (χ4v) is 4.76. The number of nitrogens with one attached hydrogen (secondary N) is 1. The summed E-state index contributed by atoms with van der Waals surface area (Å²) < 4.78 is 0. The average molecular weight is 624 g/mol. The predicted octanol–water partition coefficient (Wildman–Crippen LogP) is 9.12. The molecule has 1 atom stereocenters. The number of nitrogens with two attached hydrogens (primary N) is 1. The molecule has 0 amide bonds. The van der Waals surface area contributed by atoms with Gasteiger partial charge in [0.15, 0.2) is 0 Å². The number of para-hydroxylation sites is 1. The van der Waals surface area contributed by atoms with Gasteiger partial charge in [0.1, 0.15) is 0 Å². The minimum atomic E-state index is 0. The van der Waals surface area contributed by atoms with Crippen molar-refractivity contribution in [2.45, 2.75) is 66.2 Å². The molecule has 0 bridgehead atoms. The Balaban J connectivity index is 0.000000487. The lowest BCUT2D eigenvalue weighted by molar-refractivity contribution is 0.590. The summed E-state index contributed by atoms with van der Waals surface area (Å²) in [6.07, 6.45) is 13.0. The van der Waals surface area contributed by atoms with Gasteiger partial charge in [-0.25, -0.2) is 0 Å². The van der Waals surface area contributed by atoms with Gasteiger partial charge in [0.2, 0.25) is 0 Å². The van der Waals surface area contributed by atoms with Gasteiger partial charge in [-0.15, -0.1) is 8.86 Å². The molecule has 0 saturated carbocycles. The minimum absolute atomic E-state index is 0. The monoisotopic (exact) mass is 623 g/mol. The molecule has 3 aromatic rings. The summed E-state index contributed by atoms with van der Waals surface area (Å²) in [6.45, 7) is 20.4. The minimum Gasteiger partial charge on any atom is -0.412 e. The second kappa shape index (κ2) is 20.3. The normalized spacial score (nSPS) is 12.5. The second-order valence-electron chi connectivity index (χ2n) is 12.0. The van der Waals surface area contributed by atoms with E-state index >= 15 is 0 Å². The molecule has 0 aliphatic heterocycles. The van der Waals surface area contributed by atoms with Crippen LogP contribution in [0.5, 0.6) is 0 Å². The largest absolute Gasteiger partial charge is 0.412 e. The van der Waals surface area contributed by atoms with E-state index in [4.69, 9.17) is 5.73 Å². The van der Waals surface area contributed by atoms with Crippen LogP contribution in [-0.4, -0.2) is 29.6 Å². The average Bonchev–Trinajstić information content (AvgIpc) is 3.00. The number of aliphatic imine (C=N–C) groups is 1. The molecule has 45 heavy (non-hydrogen) atoms. The Hall–Kier alpha value is -3.82. The first-order valence-corrected chi connectivity index (χ1v) is 15.9. The van der Waals surface area contributed by atoms with Gasteiger partial charge in [-0.05, 0) is 84.8 Å². The lowest BCUT2D eigenvalue weighted by Crippen LogP contribution is -2.20. The maximum absolute atomic E-state index is 5.54. The van der Waals surface area contributed by atoms with E-state index in [-0.39, 0.29) is 10.9 Å². The maximum atomic E-state index is 5.54. The van der Waals surface area contributed by atoms with Crippen LogP contribution in [0.15, 0.2) is 121 Å². The van der Waals surface area contributed by atoms with E-state index in [9.17, 15) is 0 Å². The van der Waals surface area contributed by atoms with Crippen LogP contribution in [0.25, 0.3) is 5.70 Å². The summed E-state index contributed by atoms with van der Waals surface area (Å²) in [7, 11) is 3.80. The Kier molecular flexibility index (Phi) is 17.6. The lowest BCUT2D eigenvalue weighted by Gasteiger charge is -2.22. The smallest absolute Gasteiger partial charge is 0.0661 e. The molecule has 0 spiro atoms. The summed E-state index contributed by atoms with van der Waals surface area (Å²) in [6, 6.07) is 25.8. The van der Waals surface area contributed by atoms with E-state index < -0.39 is 0 Å². The third-order valence-corrected chi connectivity index (χ3v) is 7.55. The van der Waals surface area contributed by atoms with Crippen molar-refractivity contribution in [3.05, 3.63) is 144 Å². The quantitative estimate of drug-likeness (QED) is 0.120. The first-order valence-electron chi connectivity index (χ1n) is 15.4. The molecule has 240 valence electrons. The molecule has 1 unspecified atom stereocenters. The molecule has 0 radical (unpaired) electrons. The molecule has 5 heteroatoms. The van der Waals surface area contributed by atoms with Crippen molar-refractivity contribution in [2.75, 3.05) is 13.1 Å². The van der Waals surface area contributed by atoms with Gasteiger partial charge in [0.05, 0.1) is 5.69 Å². The number of aryl methyl sites for hydroxylation is 1. The number of hydrogen-bond donors (Lipinski definition) is 2. The van der Waals surface area contributed by atoms with Crippen molar-refractivity contribution in [3.63, 3.8) is 0 Å². The number of allylic oxidation sites excluding steroid dienone is 6. The molecule has 3 rings (SSSR count). The summed E-state index contributed by atoms with van der Waals surface area (Å²) in [4.78, 5) is 4.55. The number of nitrogens with zero attached hydrogens (tertiary/aromatic N) is 1. The molecule has 3 aromatic carbocycles. The van der Waals surface area contributed by atoms with Crippen molar-refractivity contribution >= 4 is 31.3 Å². The van der Waals surface area contributed by atoms with Crippen molar-refractivity contribution < 1.29 is 5.48 Å². The molecular formula is C40H54N3OP. The maximum Gasteiger partial charge on any atom is 0.0661 e. The zero-order valence-electron chi connectivity index (χ0n) is 28.3. The highest BCUT2D eigenvalue weighted by Gasteiger charge is 2.17.